The van der Waals surface area contributed by atoms with E-state index in [2.05, 4.69) is 33.1 Å². The second-order valence-electron chi connectivity index (χ2n) is 7.20. The summed E-state index contributed by atoms with van der Waals surface area (Å²) in [5.74, 6) is 3.11. The van der Waals surface area contributed by atoms with Gasteiger partial charge in [0.25, 0.3) is 0 Å². The lowest BCUT2D eigenvalue weighted by atomic mass is 9.48. The van der Waals surface area contributed by atoms with Crippen molar-refractivity contribution in [2.45, 2.75) is 51.9 Å². The van der Waals surface area contributed by atoms with Crippen LogP contribution in [-0.4, -0.2) is 10.2 Å². The third kappa shape index (κ3) is 1.70. The molecule has 0 saturated heterocycles. The van der Waals surface area contributed by atoms with Crippen LogP contribution in [-0.2, 0) is 6.42 Å². The molecule has 4 aliphatic carbocycles. The average Bonchev–Trinajstić information content (AvgIpc) is 2.58. The van der Waals surface area contributed by atoms with Gasteiger partial charge in [-0.2, -0.15) is 5.10 Å². The number of aromatic amines is 1. The molecule has 5 rings (SSSR count). The van der Waals surface area contributed by atoms with Crippen molar-refractivity contribution in [2.75, 3.05) is 0 Å². The van der Waals surface area contributed by atoms with E-state index in [0.29, 0.717) is 5.41 Å². The minimum Gasteiger partial charge on any atom is -0.281 e. The first-order chi connectivity index (χ1) is 8.63. The Balaban J connectivity index is 1.62. The maximum atomic E-state index is 4.52. The maximum absolute atomic E-state index is 4.52. The zero-order valence-electron chi connectivity index (χ0n) is 11.0. The largest absolute Gasteiger partial charge is 0.281 e. The van der Waals surface area contributed by atoms with Gasteiger partial charge in [-0.3, -0.25) is 5.10 Å². The Morgan fingerprint density at radius 1 is 1.17 bits per heavy atom. The van der Waals surface area contributed by atoms with Crippen LogP contribution in [0.1, 0.15) is 49.9 Å². The molecule has 4 saturated carbocycles. The predicted octanol–water partition coefficient (Wildman–Crippen LogP) is 4.24. The van der Waals surface area contributed by atoms with Crippen molar-refractivity contribution < 1.29 is 0 Å². The standard InChI is InChI=1S/C15H21BrN2/c1-9-14(16)13(18-17-9)8-15-5-10-2-11(6-15)4-12(3-10)7-15/h10-12H,2-8H2,1H3,(H,17,18). The van der Waals surface area contributed by atoms with E-state index in [1.165, 1.54) is 60.8 Å². The molecule has 4 aliphatic rings. The molecule has 2 nitrogen and oxygen atoms in total. The van der Waals surface area contributed by atoms with Crippen molar-refractivity contribution in [3.63, 3.8) is 0 Å². The predicted molar refractivity (Wildman–Crippen MR) is 75.3 cm³/mol. The topological polar surface area (TPSA) is 28.7 Å². The molecule has 0 amide bonds. The summed E-state index contributed by atoms with van der Waals surface area (Å²) >= 11 is 3.70. The van der Waals surface area contributed by atoms with Crippen LogP contribution >= 0.6 is 15.9 Å². The minimum atomic E-state index is 0.596. The molecule has 0 spiro atoms. The van der Waals surface area contributed by atoms with E-state index in [1.807, 2.05) is 0 Å². The molecular weight excluding hydrogens is 288 g/mol. The normalized spacial score (nSPS) is 41.6. The summed E-state index contributed by atoms with van der Waals surface area (Å²) in [7, 11) is 0. The van der Waals surface area contributed by atoms with Crippen molar-refractivity contribution in [3.8, 4) is 0 Å². The second kappa shape index (κ2) is 3.84. The van der Waals surface area contributed by atoms with Crippen molar-refractivity contribution in [2.24, 2.45) is 23.2 Å². The van der Waals surface area contributed by atoms with E-state index in [9.17, 15) is 0 Å². The van der Waals surface area contributed by atoms with Gasteiger partial charge in [-0.15, -0.1) is 0 Å². The molecule has 1 aromatic rings. The van der Waals surface area contributed by atoms with Crippen LogP contribution in [0.2, 0.25) is 0 Å². The molecular formula is C15H21BrN2. The van der Waals surface area contributed by atoms with Gasteiger partial charge in [0.15, 0.2) is 0 Å². The highest BCUT2D eigenvalue weighted by Gasteiger charge is 2.51. The fourth-order valence-electron chi connectivity index (χ4n) is 5.44. The molecule has 4 fully saturated rings. The van der Waals surface area contributed by atoms with E-state index in [4.69, 9.17) is 0 Å². The minimum absolute atomic E-state index is 0.596. The lowest BCUT2D eigenvalue weighted by Crippen LogP contribution is -2.47. The highest BCUT2D eigenvalue weighted by molar-refractivity contribution is 9.10. The molecule has 0 radical (unpaired) electrons. The van der Waals surface area contributed by atoms with Gasteiger partial charge < -0.3 is 0 Å². The van der Waals surface area contributed by atoms with Gasteiger partial charge in [0.2, 0.25) is 0 Å². The van der Waals surface area contributed by atoms with E-state index >= 15 is 0 Å². The van der Waals surface area contributed by atoms with Crippen LogP contribution in [0, 0.1) is 30.1 Å². The van der Waals surface area contributed by atoms with Crippen LogP contribution in [0.25, 0.3) is 0 Å². The summed E-state index contributed by atoms with van der Waals surface area (Å²) < 4.78 is 1.22. The van der Waals surface area contributed by atoms with Gasteiger partial charge in [-0.05, 0) is 91.0 Å². The number of hydrogen-bond acceptors (Lipinski definition) is 1. The number of nitrogens with one attached hydrogen (secondary N) is 1. The first-order valence-corrected chi connectivity index (χ1v) is 8.12. The summed E-state index contributed by atoms with van der Waals surface area (Å²) in [5.41, 5.74) is 3.04. The molecule has 3 heteroatoms. The molecule has 98 valence electrons. The highest BCUT2D eigenvalue weighted by Crippen LogP contribution is 2.61. The van der Waals surface area contributed by atoms with Gasteiger partial charge in [-0.1, -0.05) is 0 Å². The van der Waals surface area contributed by atoms with Crippen LogP contribution in [0.5, 0.6) is 0 Å². The van der Waals surface area contributed by atoms with Crippen LogP contribution in [0.15, 0.2) is 4.47 Å². The summed E-state index contributed by atoms with van der Waals surface area (Å²) in [4.78, 5) is 0. The number of halogens is 1. The Morgan fingerprint density at radius 3 is 2.17 bits per heavy atom. The molecule has 1 heterocycles. The zero-order valence-corrected chi connectivity index (χ0v) is 12.6. The fourth-order valence-corrected chi connectivity index (χ4v) is 5.76. The van der Waals surface area contributed by atoms with Gasteiger partial charge in [0, 0.05) is 5.69 Å². The third-order valence-corrected chi connectivity index (χ3v) is 6.70. The average molecular weight is 309 g/mol. The van der Waals surface area contributed by atoms with Gasteiger partial charge >= 0.3 is 0 Å². The Morgan fingerprint density at radius 2 is 1.72 bits per heavy atom. The molecule has 18 heavy (non-hydrogen) atoms. The number of aryl methyl sites for hydroxylation is 1. The molecule has 4 bridgehead atoms. The van der Waals surface area contributed by atoms with E-state index in [0.717, 1.165) is 17.8 Å². The van der Waals surface area contributed by atoms with Crippen molar-refractivity contribution in [1.29, 1.82) is 0 Å². The summed E-state index contributed by atoms with van der Waals surface area (Å²) in [5, 5.41) is 7.64. The lowest BCUT2D eigenvalue weighted by Gasteiger charge is -2.56. The third-order valence-electron chi connectivity index (χ3n) is 5.65. The Bertz CT molecular complexity index is 442. The number of H-pyrrole nitrogens is 1. The fraction of sp³-hybridized carbons (Fsp3) is 0.800. The summed E-state index contributed by atoms with van der Waals surface area (Å²) in [6.07, 6.45) is 10.2. The number of hydrogen-bond donors (Lipinski definition) is 1. The van der Waals surface area contributed by atoms with Crippen LogP contribution < -0.4 is 0 Å². The summed E-state index contributed by atoms with van der Waals surface area (Å²) in [6, 6.07) is 0. The van der Waals surface area contributed by atoms with Crippen molar-refractivity contribution >= 4 is 15.9 Å². The second-order valence-corrected chi connectivity index (χ2v) is 8.00. The van der Waals surface area contributed by atoms with Gasteiger partial charge in [0.05, 0.1) is 10.2 Å². The van der Waals surface area contributed by atoms with Crippen molar-refractivity contribution in [3.05, 3.63) is 15.9 Å². The monoisotopic (exact) mass is 308 g/mol. The Labute approximate surface area is 117 Å². The molecule has 1 aromatic heterocycles. The molecule has 0 aromatic carbocycles. The van der Waals surface area contributed by atoms with Gasteiger partial charge in [0.1, 0.15) is 0 Å². The SMILES string of the molecule is Cc1[nH]nc(CC23CC4CC(CC(C4)C2)C3)c1Br. The van der Waals surface area contributed by atoms with Crippen LogP contribution in [0.3, 0.4) is 0 Å². The van der Waals surface area contributed by atoms with E-state index < -0.39 is 0 Å². The first-order valence-electron chi connectivity index (χ1n) is 7.33. The molecule has 0 atom stereocenters. The first kappa shape index (κ1) is 11.5. The highest BCUT2D eigenvalue weighted by atomic mass is 79.9. The maximum Gasteiger partial charge on any atom is 0.0772 e. The molecule has 0 aliphatic heterocycles. The van der Waals surface area contributed by atoms with Crippen LogP contribution in [0.4, 0.5) is 0 Å². The summed E-state index contributed by atoms with van der Waals surface area (Å²) in [6.45, 7) is 2.10. The quantitative estimate of drug-likeness (QED) is 0.869. The van der Waals surface area contributed by atoms with E-state index in [1.54, 1.807) is 0 Å². The number of aromatic nitrogens is 2. The lowest BCUT2D eigenvalue weighted by molar-refractivity contribution is -0.0527. The van der Waals surface area contributed by atoms with Crippen molar-refractivity contribution in [1.82, 2.24) is 10.2 Å². The Kier molecular flexibility index (Phi) is 2.46. The van der Waals surface area contributed by atoms with E-state index in [-0.39, 0.29) is 0 Å². The number of rotatable bonds is 2. The smallest absolute Gasteiger partial charge is 0.0772 e. The Hall–Kier alpha value is -0.310. The zero-order chi connectivity index (χ0) is 12.3. The van der Waals surface area contributed by atoms with Gasteiger partial charge in [-0.25, -0.2) is 0 Å². The molecule has 1 N–H and O–H groups in total. The molecule has 0 unspecified atom stereocenters. The number of nitrogens with zero attached hydrogens (tertiary/aromatic N) is 1.